The largest absolute Gasteiger partial charge is 0.389 e. The van der Waals surface area contributed by atoms with Gasteiger partial charge in [-0.25, -0.2) is 0 Å². The molecule has 1 fully saturated rings. The van der Waals surface area contributed by atoms with Gasteiger partial charge < -0.3 is 30.6 Å². The molecule has 1 saturated carbocycles. The monoisotopic (exact) mass is 636 g/mol. The van der Waals surface area contributed by atoms with Gasteiger partial charge in [0.2, 0.25) is 17.7 Å². The fourth-order valence-electron chi connectivity index (χ4n) is 6.12. The quantitative estimate of drug-likeness (QED) is 0.163. The third-order valence-electron chi connectivity index (χ3n) is 9.17. The number of hydrogen-bond acceptors (Lipinski definition) is 6. The summed E-state index contributed by atoms with van der Waals surface area (Å²) in [5.41, 5.74) is 0.907. The molecule has 1 aliphatic rings. The van der Waals surface area contributed by atoms with Crippen molar-refractivity contribution in [1.29, 1.82) is 0 Å². The molecule has 9 heteroatoms. The maximum atomic E-state index is 13.8. The summed E-state index contributed by atoms with van der Waals surface area (Å²) >= 11 is 0. The molecular weight excluding hydrogens is 580 g/mol. The maximum Gasteiger partial charge on any atom is 0.242 e. The van der Waals surface area contributed by atoms with Crippen molar-refractivity contribution in [1.82, 2.24) is 20.4 Å². The SMILES string of the molecule is C#CCC[C@H](NC(=O)[C@@H](CC(=O)N(C)CCN(CC)CC)Cc1ccccc1)C(=O)N[C@@H](CC1CCCCC1)[C@@H](O)[C@@H](O)CC#C. The zero-order valence-corrected chi connectivity index (χ0v) is 28.1. The van der Waals surface area contributed by atoms with Crippen LogP contribution in [0.4, 0.5) is 0 Å². The van der Waals surface area contributed by atoms with Gasteiger partial charge in [-0.2, -0.15) is 0 Å². The Bertz CT molecular complexity index is 1140. The smallest absolute Gasteiger partial charge is 0.242 e. The van der Waals surface area contributed by atoms with Crippen molar-refractivity contribution in [2.75, 3.05) is 33.2 Å². The molecule has 0 heterocycles. The van der Waals surface area contributed by atoms with Crippen molar-refractivity contribution in [2.45, 2.75) is 109 Å². The summed E-state index contributed by atoms with van der Waals surface area (Å²) < 4.78 is 0. The molecule has 0 bridgehead atoms. The fourth-order valence-corrected chi connectivity index (χ4v) is 6.12. The first kappa shape index (κ1) is 38.8. The van der Waals surface area contributed by atoms with E-state index in [0.717, 1.165) is 57.3 Å². The molecule has 0 aromatic heterocycles. The standard InChI is InChI=1S/C37H56N4O5/c1-6-10-22-31(37(46)39-32(35(44)33(42)17-7-2)26-29-20-15-12-16-21-29)38-36(45)30(25-28-18-13-11-14-19-28)27-34(43)40(5)23-24-41(8-3)9-4/h1-2,11,13-14,18-19,29-33,35,42,44H,8-10,12,15-17,20-27H2,3-5H3,(H,38,45)(H,39,46)/t30-,31+,32+,33+,35-/m1/s1. The van der Waals surface area contributed by atoms with Crippen molar-refractivity contribution in [3.8, 4) is 24.7 Å². The van der Waals surface area contributed by atoms with Crippen LogP contribution in [0.5, 0.6) is 0 Å². The van der Waals surface area contributed by atoms with E-state index in [1.165, 1.54) is 0 Å². The fraction of sp³-hybridized carbons (Fsp3) is 0.649. The summed E-state index contributed by atoms with van der Waals surface area (Å²) in [5, 5.41) is 27.3. The van der Waals surface area contributed by atoms with E-state index < -0.39 is 42.0 Å². The number of benzene rings is 1. The Balaban J connectivity index is 2.23. The van der Waals surface area contributed by atoms with Crippen LogP contribution < -0.4 is 10.6 Å². The predicted octanol–water partition coefficient (Wildman–Crippen LogP) is 3.13. The number of terminal acetylenes is 2. The minimum absolute atomic E-state index is 0.0136. The molecule has 1 aliphatic carbocycles. The Morgan fingerprint density at radius 1 is 0.957 bits per heavy atom. The molecule has 254 valence electrons. The lowest BCUT2D eigenvalue weighted by atomic mass is 9.82. The molecule has 1 aromatic carbocycles. The highest BCUT2D eigenvalue weighted by Gasteiger charge is 2.34. The maximum absolute atomic E-state index is 13.8. The molecule has 0 saturated heterocycles. The zero-order chi connectivity index (χ0) is 33.9. The minimum atomic E-state index is -1.26. The van der Waals surface area contributed by atoms with Gasteiger partial charge >= 0.3 is 0 Å². The predicted molar refractivity (Wildman–Crippen MR) is 182 cm³/mol. The zero-order valence-electron chi connectivity index (χ0n) is 28.1. The van der Waals surface area contributed by atoms with Crippen molar-refractivity contribution >= 4 is 17.7 Å². The number of hydrogen-bond donors (Lipinski definition) is 4. The Morgan fingerprint density at radius 3 is 2.24 bits per heavy atom. The lowest BCUT2D eigenvalue weighted by Gasteiger charge is -2.33. The summed E-state index contributed by atoms with van der Waals surface area (Å²) in [7, 11) is 1.75. The van der Waals surface area contributed by atoms with Gasteiger partial charge in [0, 0.05) is 39.4 Å². The summed E-state index contributed by atoms with van der Waals surface area (Å²) in [5.74, 6) is 3.45. The van der Waals surface area contributed by atoms with Crippen molar-refractivity contribution in [3.05, 3.63) is 35.9 Å². The second-order valence-corrected chi connectivity index (χ2v) is 12.6. The molecule has 0 aliphatic heterocycles. The van der Waals surface area contributed by atoms with Crippen LogP contribution in [0.15, 0.2) is 30.3 Å². The summed E-state index contributed by atoms with van der Waals surface area (Å²) in [6.07, 6.45) is 15.0. The second kappa shape index (κ2) is 21.4. The molecule has 4 N–H and O–H groups in total. The number of carbonyl (C=O) groups is 3. The molecule has 5 atom stereocenters. The van der Waals surface area contributed by atoms with E-state index in [0.29, 0.717) is 25.3 Å². The van der Waals surface area contributed by atoms with E-state index in [4.69, 9.17) is 12.8 Å². The van der Waals surface area contributed by atoms with Crippen LogP contribution in [0.2, 0.25) is 0 Å². The average Bonchev–Trinajstić information content (AvgIpc) is 3.06. The molecule has 0 spiro atoms. The first-order valence-corrected chi connectivity index (χ1v) is 17.0. The molecular formula is C37H56N4O5. The lowest BCUT2D eigenvalue weighted by Crippen LogP contribution is -2.56. The normalized spacial score (nSPS) is 16.7. The highest BCUT2D eigenvalue weighted by molar-refractivity contribution is 5.91. The third-order valence-corrected chi connectivity index (χ3v) is 9.17. The Hall–Kier alpha value is -3.37. The van der Waals surface area contributed by atoms with Crippen LogP contribution in [0.1, 0.15) is 83.6 Å². The third kappa shape index (κ3) is 13.5. The number of amides is 3. The number of rotatable bonds is 20. The first-order chi connectivity index (χ1) is 22.1. The van der Waals surface area contributed by atoms with Crippen molar-refractivity contribution in [2.24, 2.45) is 11.8 Å². The molecule has 3 amide bonds. The molecule has 2 rings (SSSR count). The van der Waals surface area contributed by atoms with E-state index in [-0.39, 0.29) is 31.6 Å². The topological polar surface area (TPSA) is 122 Å². The van der Waals surface area contributed by atoms with Gasteiger partial charge in [-0.15, -0.1) is 24.7 Å². The van der Waals surface area contributed by atoms with Gasteiger partial charge in [0.05, 0.1) is 18.1 Å². The van der Waals surface area contributed by atoms with Crippen LogP contribution in [0.3, 0.4) is 0 Å². The average molecular weight is 637 g/mol. The van der Waals surface area contributed by atoms with Gasteiger partial charge in [-0.3, -0.25) is 14.4 Å². The summed E-state index contributed by atoms with van der Waals surface area (Å²) in [4.78, 5) is 44.8. The van der Waals surface area contributed by atoms with Crippen LogP contribution in [0.25, 0.3) is 0 Å². The molecule has 0 radical (unpaired) electrons. The highest BCUT2D eigenvalue weighted by atomic mass is 16.3. The molecule has 1 aromatic rings. The van der Waals surface area contributed by atoms with E-state index >= 15 is 0 Å². The molecule has 9 nitrogen and oxygen atoms in total. The number of carbonyl (C=O) groups excluding carboxylic acids is 3. The van der Waals surface area contributed by atoms with Gasteiger partial charge in [0.25, 0.3) is 0 Å². The molecule has 0 unspecified atom stereocenters. The Kier molecular flexibility index (Phi) is 18.1. The summed E-state index contributed by atoms with van der Waals surface area (Å²) in [6.45, 7) is 7.22. The Morgan fingerprint density at radius 2 is 1.63 bits per heavy atom. The van der Waals surface area contributed by atoms with Crippen molar-refractivity contribution in [3.63, 3.8) is 0 Å². The van der Waals surface area contributed by atoms with E-state index in [1.54, 1.807) is 11.9 Å². The lowest BCUT2D eigenvalue weighted by molar-refractivity contribution is -0.137. The van der Waals surface area contributed by atoms with Gasteiger partial charge in [-0.1, -0.05) is 76.3 Å². The van der Waals surface area contributed by atoms with Crippen LogP contribution in [0, 0.1) is 36.5 Å². The van der Waals surface area contributed by atoms with Gasteiger partial charge in [0.1, 0.15) is 12.1 Å². The number of nitrogens with one attached hydrogen (secondary N) is 2. The first-order valence-electron chi connectivity index (χ1n) is 17.0. The van der Waals surface area contributed by atoms with E-state index in [2.05, 4.69) is 41.2 Å². The van der Waals surface area contributed by atoms with Gasteiger partial charge in [-0.05, 0) is 43.8 Å². The van der Waals surface area contributed by atoms with Crippen LogP contribution in [-0.2, 0) is 20.8 Å². The van der Waals surface area contributed by atoms with Crippen molar-refractivity contribution < 1.29 is 24.6 Å². The van der Waals surface area contributed by atoms with E-state index in [9.17, 15) is 24.6 Å². The summed E-state index contributed by atoms with van der Waals surface area (Å²) in [6, 6.07) is 7.76. The number of likely N-dealkylation sites (N-methyl/N-ethyl adjacent to an activating group) is 2. The molecule has 46 heavy (non-hydrogen) atoms. The van der Waals surface area contributed by atoms with Crippen LogP contribution in [-0.4, -0.2) is 95.3 Å². The minimum Gasteiger partial charge on any atom is -0.389 e. The number of nitrogens with zero attached hydrogens (tertiary/aromatic N) is 2. The Labute approximate surface area is 276 Å². The van der Waals surface area contributed by atoms with Gasteiger partial charge in [0.15, 0.2) is 0 Å². The highest BCUT2D eigenvalue weighted by Crippen LogP contribution is 2.28. The van der Waals surface area contributed by atoms with E-state index in [1.807, 2.05) is 30.3 Å². The van der Waals surface area contributed by atoms with Crippen LogP contribution >= 0.6 is 0 Å². The second-order valence-electron chi connectivity index (χ2n) is 12.6. The number of aliphatic hydroxyl groups excluding tert-OH is 2. The number of aliphatic hydroxyl groups is 2.